The first-order valence-electron chi connectivity index (χ1n) is 4.83. The summed E-state index contributed by atoms with van der Waals surface area (Å²) >= 11 is 1.32. The van der Waals surface area contributed by atoms with Gasteiger partial charge >= 0.3 is 0 Å². The molecule has 2 amide bonds. The summed E-state index contributed by atoms with van der Waals surface area (Å²) in [5.74, 6) is 0.253. The lowest BCUT2D eigenvalue weighted by Crippen LogP contribution is -2.43. The first-order chi connectivity index (χ1) is 7.61. The molecule has 1 N–H and O–H groups in total. The Hall–Kier alpha value is -1.49. The summed E-state index contributed by atoms with van der Waals surface area (Å²) in [5.41, 5.74) is 1.03. The minimum Gasteiger partial charge on any atom is -0.508 e. The second kappa shape index (κ2) is 4.17. The topological polar surface area (TPSA) is 57.6 Å². The van der Waals surface area contributed by atoms with E-state index in [-0.39, 0.29) is 17.6 Å². The van der Waals surface area contributed by atoms with Crippen LogP contribution in [0.25, 0.3) is 0 Å². The van der Waals surface area contributed by atoms with E-state index in [9.17, 15) is 14.7 Å². The van der Waals surface area contributed by atoms with Crippen molar-refractivity contribution >= 4 is 29.3 Å². The molecule has 16 heavy (non-hydrogen) atoms. The molecule has 1 heterocycles. The van der Waals surface area contributed by atoms with Crippen LogP contribution >= 0.6 is 11.8 Å². The molecule has 1 aromatic carbocycles. The van der Waals surface area contributed by atoms with Gasteiger partial charge in [0.05, 0.1) is 17.2 Å². The highest BCUT2D eigenvalue weighted by Crippen LogP contribution is 2.29. The lowest BCUT2D eigenvalue weighted by atomic mass is 10.1. The molecule has 1 aliphatic heterocycles. The van der Waals surface area contributed by atoms with Gasteiger partial charge < -0.3 is 5.11 Å². The second-order valence-corrected chi connectivity index (χ2v) is 4.52. The minimum absolute atomic E-state index is 0.0938. The third kappa shape index (κ3) is 1.78. The Morgan fingerprint density at radius 1 is 1.25 bits per heavy atom. The lowest BCUT2D eigenvalue weighted by Gasteiger charge is -2.26. The maximum atomic E-state index is 11.7. The van der Waals surface area contributed by atoms with Gasteiger partial charge in [0.15, 0.2) is 0 Å². The van der Waals surface area contributed by atoms with E-state index < -0.39 is 0 Å². The van der Waals surface area contributed by atoms with Gasteiger partial charge in [0.2, 0.25) is 11.8 Å². The van der Waals surface area contributed by atoms with Gasteiger partial charge in [-0.15, -0.1) is 11.8 Å². The SMILES string of the molecule is Cc1c(O)cccc1N1C(=O)CSCC1=O. The molecule has 0 bridgehead atoms. The molecular formula is C11H11NO3S. The number of carbonyl (C=O) groups is 2. The zero-order valence-corrected chi connectivity index (χ0v) is 9.58. The van der Waals surface area contributed by atoms with Crippen molar-refractivity contribution in [2.75, 3.05) is 16.4 Å². The van der Waals surface area contributed by atoms with Crippen LogP contribution in [0.4, 0.5) is 5.69 Å². The fraction of sp³-hybridized carbons (Fsp3) is 0.273. The van der Waals surface area contributed by atoms with Crippen molar-refractivity contribution in [3.63, 3.8) is 0 Å². The van der Waals surface area contributed by atoms with E-state index in [0.29, 0.717) is 22.8 Å². The van der Waals surface area contributed by atoms with Crippen molar-refractivity contribution in [2.24, 2.45) is 0 Å². The maximum absolute atomic E-state index is 11.7. The summed E-state index contributed by atoms with van der Waals surface area (Å²) in [6.45, 7) is 1.69. The van der Waals surface area contributed by atoms with Gasteiger partial charge in [-0.05, 0) is 19.1 Å². The highest BCUT2D eigenvalue weighted by atomic mass is 32.2. The number of rotatable bonds is 1. The van der Waals surface area contributed by atoms with Gasteiger partial charge in [-0.25, -0.2) is 4.90 Å². The largest absolute Gasteiger partial charge is 0.508 e. The summed E-state index contributed by atoms with van der Waals surface area (Å²) < 4.78 is 0. The van der Waals surface area contributed by atoms with E-state index in [4.69, 9.17) is 0 Å². The van der Waals surface area contributed by atoms with Crippen LogP contribution in [0.3, 0.4) is 0 Å². The second-order valence-electron chi connectivity index (χ2n) is 3.54. The van der Waals surface area contributed by atoms with Crippen molar-refractivity contribution in [2.45, 2.75) is 6.92 Å². The van der Waals surface area contributed by atoms with Crippen molar-refractivity contribution in [1.82, 2.24) is 0 Å². The minimum atomic E-state index is -0.227. The number of amides is 2. The van der Waals surface area contributed by atoms with Crippen molar-refractivity contribution in [3.05, 3.63) is 23.8 Å². The molecule has 1 saturated heterocycles. The van der Waals surface area contributed by atoms with Crippen LogP contribution in [0.15, 0.2) is 18.2 Å². The van der Waals surface area contributed by atoms with Crippen LogP contribution in [-0.2, 0) is 9.59 Å². The Balaban J connectivity index is 2.46. The quantitative estimate of drug-likeness (QED) is 0.748. The van der Waals surface area contributed by atoms with E-state index in [1.54, 1.807) is 19.1 Å². The standard InChI is InChI=1S/C11H11NO3S/c1-7-8(3-2-4-9(7)13)12-10(14)5-16-6-11(12)15/h2-4,13H,5-6H2,1H3. The van der Waals surface area contributed by atoms with E-state index in [1.165, 1.54) is 17.8 Å². The normalized spacial score (nSPS) is 16.7. The molecule has 0 aliphatic carbocycles. The average molecular weight is 237 g/mol. The maximum Gasteiger partial charge on any atom is 0.243 e. The molecule has 0 aromatic heterocycles. The number of hydrogen-bond acceptors (Lipinski definition) is 4. The van der Waals surface area contributed by atoms with Crippen LogP contribution in [0.2, 0.25) is 0 Å². The number of hydrogen-bond donors (Lipinski definition) is 1. The summed E-state index contributed by atoms with van der Waals surface area (Å²) in [4.78, 5) is 24.5. The molecule has 2 rings (SSSR count). The summed E-state index contributed by atoms with van der Waals surface area (Å²) in [6.07, 6.45) is 0. The molecule has 1 aromatic rings. The molecular weight excluding hydrogens is 226 g/mol. The smallest absolute Gasteiger partial charge is 0.243 e. The average Bonchev–Trinajstić information content (AvgIpc) is 2.24. The number of carbonyl (C=O) groups excluding carboxylic acids is 2. The van der Waals surface area contributed by atoms with Crippen LogP contribution < -0.4 is 4.90 Å². The Labute approximate surface area is 97.3 Å². The Bertz CT molecular complexity index is 443. The predicted octanol–water partition coefficient (Wildman–Crippen LogP) is 1.31. The zero-order chi connectivity index (χ0) is 11.7. The molecule has 0 radical (unpaired) electrons. The number of anilines is 1. The molecule has 0 saturated carbocycles. The Morgan fingerprint density at radius 2 is 1.88 bits per heavy atom. The number of phenolic OH excluding ortho intramolecular Hbond substituents is 1. The molecule has 84 valence electrons. The van der Waals surface area contributed by atoms with Crippen LogP contribution in [0.1, 0.15) is 5.56 Å². The molecule has 0 spiro atoms. The van der Waals surface area contributed by atoms with Gasteiger partial charge in [-0.3, -0.25) is 9.59 Å². The van der Waals surface area contributed by atoms with Gasteiger partial charge in [-0.2, -0.15) is 0 Å². The van der Waals surface area contributed by atoms with E-state index in [1.807, 2.05) is 0 Å². The fourth-order valence-corrected chi connectivity index (χ4v) is 2.33. The van der Waals surface area contributed by atoms with Gasteiger partial charge in [0.25, 0.3) is 0 Å². The van der Waals surface area contributed by atoms with E-state index in [2.05, 4.69) is 0 Å². The Morgan fingerprint density at radius 3 is 2.50 bits per heavy atom. The summed E-state index contributed by atoms with van der Waals surface area (Å²) in [5, 5.41) is 9.55. The molecule has 4 nitrogen and oxygen atoms in total. The van der Waals surface area contributed by atoms with Gasteiger partial charge in [0.1, 0.15) is 5.75 Å². The van der Waals surface area contributed by atoms with Crippen molar-refractivity contribution in [1.29, 1.82) is 0 Å². The third-order valence-corrected chi connectivity index (χ3v) is 3.37. The lowest BCUT2D eigenvalue weighted by molar-refractivity contribution is -0.124. The van der Waals surface area contributed by atoms with E-state index >= 15 is 0 Å². The van der Waals surface area contributed by atoms with Crippen LogP contribution in [-0.4, -0.2) is 28.4 Å². The highest BCUT2D eigenvalue weighted by Gasteiger charge is 2.29. The number of benzene rings is 1. The first-order valence-corrected chi connectivity index (χ1v) is 5.99. The van der Waals surface area contributed by atoms with Crippen LogP contribution in [0.5, 0.6) is 5.75 Å². The molecule has 0 atom stereocenters. The summed E-state index contributed by atoms with van der Waals surface area (Å²) in [7, 11) is 0. The number of thioether (sulfide) groups is 1. The monoisotopic (exact) mass is 237 g/mol. The van der Waals surface area contributed by atoms with E-state index in [0.717, 1.165) is 4.90 Å². The Kier molecular flexibility index (Phi) is 2.87. The number of phenols is 1. The predicted molar refractivity (Wildman–Crippen MR) is 62.7 cm³/mol. The molecule has 1 aliphatic rings. The molecule has 1 fully saturated rings. The van der Waals surface area contributed by atoms with Crippen molar-refractivity contribution in [3.8, 4) is 5.75 Å². The third-order valence-electron chi connectivity index (χ3n) is 2.47. The number of aromatic hydroxyl groups is 1. The van der Waals surface area contributed by atoms with Gasteiger partial charge in [0, 0.05) is 5.56 Å². The molecule has 0 unspecified atom stereocenters. The molecule has 5 heteroatoms. The number of imide groups is 1. The fourth-order valence-electron chi connectivity index (χ4n) is 1.62. The number of nitrogens with zero attached hydrogens (tertiary/aromatic N) is 1. The van der Waals surface area contributed by atoms with Gasteiger partial charge in [-0.1, -0.05) is 6.07 Å². The summed E-state index contributed by atoms with van der Waals surface area (Å²) in [6, 6.07) is 4.83. The highest BCUT2D eigenvalue weighted by molar-refractivity contribution is 8.00. The van der Waals surface area contributed by atoms with Crippen molar-refractivity contribution < 1.29 is 14.7 Å². The van der Waals surface area contributed by atoms with Crippen LogP contribution in [0, 0.1) is 6.92 Å². The zero-order valence-electron chi connectivity index (χ0n) is 8.77. The first kappa shape index (κ1) is 11.0.